The van der Waals surface area contributed by atoms with Crippen LogP contribution in [-0.2, 0) is 0 Å². The summed E-state index contributed by atoms with van der Waals surface area (Å²) in [6.07, 6.45) is 19.6. The second kappa shape index (κ2) is 4.33. The summed E-state index contributed by atoms with van der Waals surface area (Å²) >= 11 is 0. The molecule has 0 nitrogen and oxygen atoms in total. The molecule has 0 heteroatoms. The molecule has 0 radical (unpaired) electrons. The molecular formula is C14H22. The summed E-state index contributed by atoms with van der Waals surface area (Å²) < 4.78 is 0. The van der Waals surface area contributed by atoms with Gasteiger partial charge in [-0.15, -0.1) is 0 Å². The highest BCUT2D eigenvalue weighted by atomic mass is 14.4. The number of hydrogen-bond acceptors (Lipinski definition) is 0. The normalized spacial score (nSPS) is 33.9. The molecule has 0 aliphatic heterocycles. The average Bonchev–Trinajstić information content (AvgIpc) is 2.27. The monoisotopic (exact) mass is 190 g/mol. The standard InChI is InChI=1S/C14H22/c1-2-3-4-5-9-14-10-6-13(7-11-14)8-12-14/h6-7,10-11,13H,2-5,8-9,12H2,1H3. The molecule has 0 atom stereocenters. The fourth-order valence-corrected chi connectivity index (χ4v) is 2.72. The second-order valence-electron chi connectivity index (χ2n) is 4.96. The Labute approximate surface area is 88.1 Å². The molecule has 0 heterocycles. The van der Waals surface area contributed by atoms with Gasteiger partial charge in [-0.25, -0.2) is 0 Å². The Bertz CT molecular complexity index is 220. The van der Waals surface area contributed by atoms with Crippen LogP contribution in [-0.4, -0.2) is 0 Å². The van der Waals surface area contributed by atoms with Crippen LogP contribution in [0.15, 0.2) is 24.3 Å². The fourth-order valence-electron chi connectivity index (χ4n) is 2.72. The summed E-state index contributed by atoms with van der Waals surface area (Å²) in [7, 11) is 0. The van der Waals surface area contributed by atoms with Crippen LogP contribution < -0.4 is 0 Å². The van der Waals surface area contributed by atoms with Crippen LogP contribution in [0.3, 0.4) is 0 Å². The van der Waals surface area contributed by atoms with Crippen LogP contribution >= 0.6 is 0 Å². The second-order valence-corrected chi connectivity index (χ2v) is 4.96. The molecule has 0 aromatic rings. The highest BCUT2D eigenvalue weighted by Gasteiger charge is 2.31. The fraction of sp³-hybridized carbons (Fsp3) is 0.714. The maximum Gasteiger partial charge on any atom is 0.00617 e. The summed E-state index contributed by atoms with van der Waals surface area (Å²) in [6.45, 7) is 2.28. The largest absolute Gasteiger partial charge is 0.0808 e. The molecular weight excluding hydrogens is 168 g/mol. The maximum atomic E-state index is 2.48. The van der Waals surface area contributed by atoms with Crippen molar-refractivity contribution in [3.8, 4) is 0 Å². The van der Waals surface area contributed by atoms with Gasteiger partial charge in [0, 0.05) is 5.41 Å². The first kappa shape index (κ1) is 10.0. The van der Waals surface area contributed by atoms with Gasteiger partial charge < -0.3 is 0 Å². The minimum absolute atomic E-state index is 0.475. The van der Waals surface area contributed by atoms with Crippen molar-refractivity contribution in [2.75, 3.05) is 0 Å². The Hall–Kier alpha value is -0.520. The molecule has 0 aromatic heterocycles. The third kappa shape index (κ3) is 2.10. The first-order valence-corrected chi connectivity index (χ1v) is 6.23. The zero-order chi connectivity index (χ0) is 9.86. The molecule has 3 rings (SSSR count). The molecule has 0 spiro atoms. The van der Waals surface area contributed by atoms with E-state index in [1.807, 2.05) is 0 Å². The van der Waals surface area contributed by atoms with Gasteiger partial charge in [0.2, 0.25) is 0 Å². The van der Waals surface area contributed by atoms with E-state index < -0.39 is 0 Å². The molecule has 0 amide bonds. The number of rotatable bonds is 5. The molecule has 0 saturated carbocycles. The van der Waals surface area contributed by atoms with Gasteiger partial charge in [0.1, 0.15) is 0 Å². The van der Waals surface area contributed by atoms with Crippen LogP contribution in [0.2, 0.25) is 0 Å². The van der Waals surface area contributed by atoms with Crippen LogP contribution in [0.1, 0.15) is 51.9 Å². The lowest BCUT2D eigenvalue weighted by Crippen LogP contribution is -2.24. The smallest absolute Gasteiger partial charge is 0.00617 e. The number of allylic oxidation sites excluding steroid dienone is 4. The van der Waals surface area contributed by atoms with Gasteiger partial charge in [-0.3, -0.25) is 0 Å². The molecule has 0 N–H and O–H groups in total. The van der Waals surface area contributed by atoms with Crippen molar-refractivity contribution in [2.24, 2.45) is 11.3 Å². The number of fused-ring (bicyclic) bond motifs is 1. The molecule has 3 aliphatic carbocycles. The summed E-state index contributed by atoms with van der Waals surface area (Å²) in [5, 5.41) is 0. The quantitative estimate of drug-likeness (QED) is 0.443. The topological polar surface area (TPSA) is 0 Å². The SMILES string of the molecule is CCCCCCC12C=CC(C=C1)CC2. The molecule has 2 bridgehead atoms. The van der Waals surface area contributed by atoms with E-state index in [0.717, 1.165) is 5.92 Å². The average molecular weight is 190 g/mol. The zero-order valence-corrected chi connectivity index (χ0v) is 9.34. The summed E-state index contributed by atoms with van der Waals surface area (Å²) in [6, 6.07) is 0. The van der Waals surface area contributed by atoms with Gasteiger partial charge in [-0.05, 0) is 25.2 Å². The van der Waals surface area contributed by atoms with Gasteiger partial charge >= 0.3 is 0 Å². The Morgan fingerprint density at radius 1 is 1.14 bits per heavy atom. The molecule has 78 valence electrons. The highest BCUT2D eigenvalue weighted by Crippen LogP contribution is 2.43. The van der Waals surface area contributed by atoms with E-state index in [-0.39, 0.29) is 0 Å². The van der Waals surface area contributed by atoms with Crippen molar-refractivity contribution in [3.05, 3.63) is 24.3 Å². The Balaban J connectivity index is 1.81. The summed E-state index contributed by atoms with van der Waals surface area (Å²) in [4.78, 5) is 0. The van der Waals surface area contributed by atoms with E-state index in [1.165, 1.54) is 44.9 Å². The molecule has 0 fully saturated rings. The molecule has 3 aliphatic rings. The van der Waals surface area contributed by atoms with Crippen LogP contribution in [0.25, 0.3) is 0 Å². The van der Waals surface area contributed by atoms with E-state index in [2.05, 4.69) is 31.2 Å². The number of hydrogen-bond donors (Lipinski definition) is 0. The van der Waals surface area contributed by atoms with Gasteiger partial charge in [0.25, 0.3) is 0 Å². The predicted octanol–water partition coefficient (Wildman–Crippen LogP) is 4.48. The third-order valence-corrected chi connectivity index (χ3v) is 3.79. The minimum atomic E-state index is 0.475. The predicted molar refractivity (Wildman–Crippen MR) is 62.2 cm³/mol. The molecule has 0 aromatic carbocycles. The Kier molecular flexibility index (Phi) is 3.10. The lowest BCUT2D eigenvalue weighted by atomic mass is 9.68. The van der Waals surface area contributed by atoms with E-state index in [9.17, 15) is 0 Å². The van der Waals surface area contributed by atoms with Gasteiger partial charge in [-0.1, -0.05) is 56.9 Å². The van der Waals surface area contributed by atoms with Gasteiger partial charge in [0.05, 0.1) is 0 Å². The van der Waals surface area contributed by atoms with Crippen LogP contribution in [0.4, 0.5) is 0 Å². The van der Waals surface area contributed by atoms with Crippen molar-refractivity contribution in [1.29, 1.82) is 0 Å². The summed E-state index contributed by atoms with van der Waals surface area (Å²) in [5.74, 6) is 0.771. The van der Waals surface area contributed by atoms with E-state index in [0.29, 0.717) is 5.41 Å². The molecule has 14 heavy (non-hydrogen) atoms. The lowest BCUT2D eigenvalue weighted by molar-refractivity contribution is 0.331. The van der Waals surface area contributed by atoms with E-state index >= 15 is 0 Å². The van der Waals surface area contributed by atoms with Crippen molar-refractivity contribution < 1.29 is 0 Å². The zero-order valence-electron chi connectivity index (χ0n) is 9.34. The van der Waals surface area contributed by atoms with Crippen LogP contribution in [0.5, 0.6) is 0 Å². The van der Waals surface area contributed by atoms with E-state index in [4.69, 9.17) is 0 Å². The first-order valence-electron chi connectivity index (χ1n) is 6.23. The first-order chi connectivity index (χ1) is 6.85. The molecule has 0 unspecified atom stereocenters. The Morgan fingerprint density at radius 2 is 1.93 bits per heavy atom. The maximum absolute atomic E-state index is 2.48. The molecule has 0 saturated heterocycles. The van der Waals surface area contributed by atoms with Crippen molar-refractivity contribution in [2.45, 2.75) is 51.9 Å². The number of unbranched alkanes of at least 4 members (excludes halogenated alkanes) is 3. The van der Waals surface area contributed by atoms with Gasteiger partial charge in [-0.2, -0.15) is 0 Å². The minimum Gasteiger partial charge on any atom is -0.0808 e. The Morgan fingerprint density at radius 3 is 2.50 bits per heavy atom. The van der Waals surface area contributed by atoms with Crippen molar-refractivity contribution in [3.63, 3.8) is 0 Å². The lowest BCUT2D eigenvalue weighted by Gasteiger charge is -2.37. The van der Waals surface area contributed by atoms with Gasteiger partial charge in [0.15, 0.2) is 0 Å². The third-order valence-electron chi connectivity index (χ3n) is 3.79. The summed E-state index contributed by atoms with van der Waals surface area (Å²) in [5.41, 5.74) is 0.475. The van der Waals surface area contributed by atoms with E-state index in [1.54, 1.807) is 0 Å². The highest BCUT2D eigenvalue weighted by molar-refractivity contribution is 5.24. The van der Waals surface area contributed by atoms with Crippen molar-refractivity contribution >= 4 is 0 Å². The van der Waals surface area contributed by atoms with Crippen LogP contribution in [0, 0.1) is 11.3 Å². The van der Waals surface area contributed by atoms with Crippen molar-refractivity contribution in [1.82, 2.24) is 0 Å².